The number of rotatable bonds is 7. The van der Waals surface area contributed by atoms with Gasteiger partial charge in [0.25, 0.3) is 5.91 Å². The largest absolute Gasteiger partial charge is 0.494 e. The minimum atomic E-state index is -0.251. The molecule has 0 radical (unpaired) electrons. The van der Waals surface area contributed by atoms with E-state index in [-0.39, 0.29) is 17.7 Å². The van der Waals surface area contributed by atoms with Gasteiger partial charge in [0.15, 0.2) is 0 Å². The molecule has 0 aliphatic carbocycles. The summed E-state index contributed by atoms with van der Waals surface area (Å²) in [6.07, 6.45) is 4.45. The summed E-state index contributed by atoms with van der Waals surface area (Å²) < 4.78 is 16.3. The number of likely N-dealkylation sites (tertiary alicyclic amines) is 1. The van der Waals surface area contributed by atoms with Crippen LogP contribution in [0.3, 0.4) is 0 Å². The average Bonchev–Trinajstić information content (AvgIpc) is 3.36. The molecule has 3 aromatic rings. The van der Waals surface area contributed by atoms with Crippen molar-refractivity contribution >= 4 is 17.5 Å². The summed E-state index contributed by atoms with van der Waals surface area (Å²) >= 11 is 0. The Hall–Kier alpha value is -3.74. The van der Waals surface area contributed by atoms with Crippen molar-refractivity contribution < 1.29 is 23.5 Å². The SMILES string of the molecule is CCOc1ccc(Oc2ccc(NC(=O)[C@H]3CCCN(C(=O)c4ccoc4)C3)cc2)cc1. The van der Waals surface area contributed by atoms with Crippen LogP contribution in [0.15, 0.2) is 71.5 Å². The Morgan fingerprint density at radius 2 is 1.72 bits per heavy atom. The van der Waals surface area contributed by atoms with Gasteiger partial charge in [-0.1, -0.05) is 0 Å². The molecule has 1 saturated heterocycles. The molecule has 0 bridgehead atoms. The van der Waals surface area contributed by atoms with Crippen LogP contribution in [0.2, 0.25) is 0 Å². The number of nitrogens with one attached hydrogen (secondary N) is 1. The highest BCUT2D eigenvalue weighted by Crippen LogP contribution is 2.26. The molecular formula is C25H26N2O5. The highest BCUT2D eigenvalue weighted by molar-refractivity contribution is 5.96. The number of nitrogens with zero attached hydrogens (tertiary/aromatic N) is 1. The summed E-state index contributed by atoms with van der Waals surface area (Å²) in [5.74, 6) is 1.73. The molecule has 2 aromatic carbocycles. The summed E-state index contributed by atoms with van der Waals surface area (Å²) in [5, 5.41) is 2.95. The first-order valence-electron chi connectivity index (χ1n) is 10.8. The number of anilines is 1. The normalized spacial score (nSPS) is 15.8. The third-order valence-electron chi connectivity index (χ3n) is 5.34. The van der Waals surface area contributed by atoms with Gasteiger partial charge < -0.3 is 24.1 Å². The van der Waals surface area contributed by atoms with Crippen molar-refractivity contribution in [1.29, 1.82) is 0 Å². The lowest BCUT2D eigenvalue weighted by molar-refractivity contribution is -0.121. The Balaban J connectivity index is 1.31. The number of ether oxygens (including phenoxy) is 2. The molecular weight excluding hydrogens is 408 g/mol. The number of hydrogen-bond donors (Lipinski definition) is 1. The van der Waals surface area contributed by atoms with Crippen LogP contribution in [-0.4, -0.2) is 36.4 Å². The number of furan rings is 1. The zero-order valence-corrected chi connectivity index (χ0v) is 18.0. The van der Waals surface area contributed by atoms with Crippen molar-refractivity contribution in [2.24, 2.45) is 5.92 Å². The minimum absolute atomic E-state index is 0.0881. The van der Waals surface area contributed by atoms with Crippen molar-refractivity contribution in [2.75, 3.05) is 25.0 Å². The molecule has 7 nitrogen and oxygen atoms in total. The van der Waals surface area contributed by atoms with Gasteiger partial charge >= 0.3 is 0 Å². The lowest BCUT2D eigenvalue weighted by Gasteiger charge is -2.31. The van der Waals surface area contributed by atoms with Crippen LogP contribution in [0, 0.1) is 5.92 Å². The molecule has 1 aliphatic rings. The van der Waals surface area contributed by atoms with Crippen LogP contribution in [0.1, 0.15) is 30.1 Å². The summed E-state index contributed by atoms with van der Waals surface area (Å²) in [5.41, 5.74) is 1.20. The first-order valence-corrected chi connectivity index (χ1v) is 10.8. The molecule has 0 unspecified atom stereocenters. The summed E-state index contributed by atoms with van der Waals surface area (Å²) in [6, 6.07) is 16.3. The highest BCUT2D eigenvalue weighted by Gasteiger charge is 2.29. The Kier molecular flexibility index (Phi) is 6.75. The van der Waals surface area contributed by atoms with Crippen molar-refractivity contribution in [3.8, 4) is 17.2 Å². The fourth-order valence-corrected chi connectivity index (χ4v) is 3.70. The fourth-order valence-electron chi connectivity index (χ4n) is 3.70. The predicted molar refractivity (Wildman–Crippen MR) is 120 cm³/mol. The van der Waals surface area contributed by atoms with Gasteiger partial charge in [-0.15, -0.1) is 0 Å². The second-order valence-electron chi connectivity index (χ2n) is 7.62. The summed E-state index contributed by atoms with van der Waals surface area (Å²) in [7, 11) is 0. The lowest BCUT2D eigenvalue weighted by atomic mass is 9.96. The second-order valence-corrected chi connectivity index (χ2v) is 7.62. The third-order valence-corrected chi connectivity index (χ3v) is 5.34. The van der Waals surface area contributed by atoms with Gasteiger partial charge in [-0.05, 0) is 74.4 Å². The first-order chi connectivity index (χ1) is 15.6. The number of carbonyl (C=O) groups is 2. The van der Waals surface area contributed by atoms with Gasteiger partial charge in [-0.3, -0.25) is 9.59 Å². The van der Waals surface area contributed by atoms with E-state index in [4.69, 9.17) is 13.9 Å². The predicted octanol–water partition coefficient (Wildman–Crippen LogP) is 4.96. The molecule has 0 spiro atoms. The molecule has 1 atom stereocenters. The van der Waals surface area contributed by atoms with Gasteiger partial charge in [0.05, 0.1) is 24.4 Å². The summed E-state index contributed by atoms with van der Waals surface area (Å²) in [4.78, 5) is 27.0. The molecule has 32 heavy (non-hydrogen) atoms. The standard InChI is InChI=1S/C25H26N2O5/c1-2-31-21-9-11-23(12-10-21)32-22-7-5-20(6-8-22)26-24(28)18-4-3-14-27(16-18)25(29)19-13-15-30-17-19/h5-13,15,17-18H,2-4,14,16H2,1H3,(H,26,28)/t18-/m0/s1. The topological polar surface area (TPSA) is 81.0 Å². The monoisotopic (exact) mass is 434 g/mol. The molecule has 4 rings (SSSR count). The summed E-state index contributed by atoms with van der Waals surface area (Å²) in [6.45, 7) is 3.60. The molecule has 7 heteroatoms. The molecule has 1 N–H and O–H groups in total. The van der Waals surface area contributed by atoms with Gasteiger partial charge in [0.2, 0.25) is 5.91 Å². The van der Waals surface area contributed by atoms with Gasteiger partial charge in [0.1, 0.15) is 23.5 Å². The zero-order valence-electron chi connectivity index (χ0n) is 18.0. The molecule has 166 valence electrons. The minimum Gasteiger partial charge on any atom is -0.494 e. The van der Waals surface area contributed by atoms with E-state index in [1.807, 2.05) is 43.3 Å². The average molecular weight is 434 g/mol. The molecule has 2 heterocycles. The molecule has 2 amide bonds. The lowest BCUT2D eigenvalue weighted by Crippen LogP contribution is -2.43. The second kappa shape index (κ2) is 10.0. The highest BCUT2D eigenvalue weighted by atomic mass is 16.5. The zero-order chi connectivity index (χ0) is 22.3. The van der Waals surface area contributed by atoms with Crippen LogP contribution in [-0.2, 0) is 4.79 Å². The van der Waals surface area contributed by atoms with Crippen molar-refractivity contribution in [1.82, 2.24) is 4.90 Å². The van der Waals surface area contributed by atoms with Crippen LogP contribution >= 0.6 is 0 Å². The molecule has 0 saturated carbocycles. The molecule has 1 aliphatic heterocycles. The van der Waals surface area contributed by atoms with E-state index in [1.165, 1.54) is 12.5 Å². The van der Waals surface area contributed by atoms with Crippen molar-refractivity contribution in [3.63, 3.8) is 0 Å². The van der Waals surface area contributed by atoms with Crippen LogP contribution in [0.25, 0.3) is 0 Å². The maximum Gasteiger partial charge on any atom is 0.257 e. The number of amides is 2. The van der Waals surface area contributed by atoms with E-state index in [9.17, 15) is 9.59 Å². The molecule has 1 fully saturated rings. The Morgan fingerprint density at radius 1 is 1.03 bits per heavy atom. The van der Waals surface area contributed by atoms with Gasteiger partial charge in [-0.2, -0.15) is 0 Å². The van der Waals surface area contributed by atoms with E-state index < -0.39 is 0 Å². The van der Waals surface area contributed by atoms with Crippen LogP contribution < -0.4 is 14.8 Å². The van der Waals surface area contributed by atoms with E-state index in [0.717, 1.165) is 18.6 Å². The fraction of sp³-hybridized carbons (Fsp3) is 0.280. The smallest absolute Gasteiger partial charge is 0.257 e. The number of piperidine rings is 1. The van der Waals surface area contributed by atoms with E-state index >= 15 is 0 Å². The number of carbonyl (C=O) groups excluding carboxylic acids is 2. The quantitative estimate of drug-likeness (QED) is 0.568. The van der Waals surface area contributed by atoms with Gasteiger partial charge in [-0.25, -0.2) is 0 Å². The third kappa shape index (κ3) is 5.29. The maximum atomic E-state index is 12.8. The number of benzene rings is 2. The molecule has 1 aromatic heterocycles. The van der Waals surface area contributed by atoms with Crippen molar-refractivity contribution in [2.45, 2.75) is 19.8 Å². The van der Waals surface area contributed by atoms with Crippen LogP contribution in [0.4, 0.5) is 5.69 Å². The van der Waals surface area contributed by atoms with E-state index in [0.29, 0.717) is 42.4 Å². The Labute approximate surface area is 186 Å². The number of hydrogen-bond acceptors (Lipinski definition) is 5. The maximum absolute atomic E-state index is 12.8. The Morgan fingerprint density at radius 3 is 2.38 bits per heavy atom. The van der Waals surface area contributed by atoms with E-state index in [2.05, 4.69) is 5.32 Å². The van der Waals surface area contributed by atoms with E-state index in [1.54, 1.807) is 23.1 Å². The van der Waals surface area contributed by atoms with Crippen LogP contribution in [0.5, 0.6) is 17.2 Å². The Bertz CT molecular complexity index is 1030. The van der Waals surface area contributed by atoms with Gasteiger partial charge in [0, 0.05) is 18.8 Å². The first kappa shape index (κ1) is 21.5. The van der Waals surface area contributed by atoms with Crippen molar-refractivity contribution in [3.05, 3.63) is 72.7 Å².